The van der Waals surface area contributed by atoms with Gasteiger partial charge in [-0.15, -0.1) is 0 Å². The highest BCUT2D eigenvalue weighted by Gasteiger charge is 2.33. The number of halogens is 2. The van der Waals surface area contributed by atoms with Crippen molar-refractivity contribution < 1.29 is 22.7 Å². The second-order valence-electron chi connectivity index (χ2n) is 9.34. The molecule has 0 saturated carbocycles. The summed E-state index contributed by atoms with van der Waals surface area (Å²) >= 11 is 12.2. The fourth-order valence-corrected chi connectivity index (χ4v) is 5.90. The Kier molecular flexibility index (Phi) is 11.9. The molecule has 8 nitrogen and oxygen atoms in total. The third kappa shape index (κ3) is 8.61. The monoisotopic (exact) mass is 619 g/mol. The van der Waals surface area contributed by atoms with Crippen molar-refractivity contribution in [3.8, 4) is 5.75 Å². The molecule has 0 aliphatic heterocycles. The fraction of sp³-hybridized carbons (Fsp3) is 0.333. The van der Waals surface area contributed by atoms with Gasteiger partial charge in [-0.05, 0) is 74.4 Å². The van der Waals surface area contributed by atoms with Gasteiger partial charge in [-0.1, -0.05) is 60.8 Å². The van der Waals surface area contributed by atoms with Crippen molar-refractivity contribution in [1.82, 2.24) is 10.2 Å². The SMILES string of the molecule is CCCCNC(=O)[C@H](C)N(Cc1cccc(Cl)c1)C(=O)CN(c1ccccc1OCC)S(=O)(=O)c1ccc(Cl)cc1. The Morgan fingerprint density at radius 2 is 1.66 bits per heavy atom. The fourth-order valence-electron chi connectivity index (χ4n) is 4.14. The van der Waals surface area contributed by atoms with Gasteiger partial charge in [-0.25, -0.2) is 8.42 Å². The highest BCUT2D eigenvalue weighted by molar-refractivity contribution is 7.92. The summed E-state index contributed by atoms with van der Waals surface area (Å²) in [7, 11) is -4.26. The number of hydrogen-bond donors (Lipinski definition) is 1. The molecule has 2 amide bonds. The molecule has 0 bridgehead atoms. The molecule has 41 heavy (non-hydrogen) atoms. The first kappa shape index (κ1) is 32.2. The van der Waals surface area contributed by atoms with Crippen LogP contribution in [0, 0.1) is 0 Å². The predicted molar refractivity (Wildman–Crippen MR) is 163 cm³/mol. The van der Waals surface area contributed by atoms with Gasteiger partial charge < -0.3 is 15.0 Å². The van der Waals surface area contributed by atoms with Gasteiger partial charge in [0, 0.05) is 23.1 Å². The molecular formula is C30H35Cl2N3O5S. The number of rotatable bonds is 14. The Balaban J connectivity index is 2.05. The second kappa shape index (κ2) is 15.1. The van der Waals surface area contributed by atoms with Gasteiger partial charge in [0.05, 0.1) is 17.2 Å². The van der Waals surface area contributed by atoms with Gasteiger partial charge in [-0.3, -0.25) is 13.9 Å². The van der Waals surface area contributed by atoms with E-state index in [9.17, 15) is 18.0 Å². The Morgan fingerprint density at radius 1 is 0.951 bits per heavy atom. The minimum Gasteiger partial charge on any atom is -0.492 e. The minimum absolute atomic E-state index is 0.0453. The molecule has 3 rings (SSSR count). The molecule has 0 unspecified atom stereocenters. The predicted octanol–water partition coefficient (Wildman–Crippen LogP) is 5.92. The average Bonchev–Trinajstić information content (AvgIpc) is 2.95. The average molecular weight is 621 g/mol. The van der Waals surface area contributed by atoms with Crippen LogP contribution in [0.1, 0.15) is 39.2 Å². The lowest BCUT2D eigenvalue weighted by Gasteiger charge is -2.32. The summed E-state index contributed by atoms with van der Waals surface area (Å²) in [5.74, 6) is -0.616. The number of unbranched alkanes of at least 4 members (excludes halogenated alkanes) is 1. The molecule has 3 aromatic carbocycles. The van der Waals surface area contributed by atoms with Crippen molar-refractivity contribution in [1.29, 1.82) is 0 Å². The summed E-state index contributed by atoms with van der Waals surface area (Å²) in [4.78, 5) is 28.4. The third-order valence-corrected chi connectivity index (χ3v) is 8.61. The van der Waals surface area contributed by atoms with E-state index in [1.807, 2.05) is 6.92 Å². The molecule has 3 aromatic rings. The first-order valence-electron chi connectivity index (χ1n) is 13.4. The molecule has 0 saturated heterocycles. The molecule has 0 fully saturated rings. The summed E-state index contributed by atoms with van der Waals surface area (Å²) in [5.41, 5.74) is 0.890. The number of sulfonamides is 1. The van der Waals surface area contributed by atoms with E-state index in [1.54, 1.807) is 62.4 Å². The van der Waals surface area contributed by atoms with Crippen molar-refractivity contribution in [2.75, 3.05) is 24.0 Å². The van der Waals surface area contributed by atoms with Crippen LogP contribution in [0.3, 0.4) is 0 Å². The summed E-state index contributed by atoms with van der Waals surface area (Å²) < 4.78 is 34.7. The molecule has 0 aliphatic rings. The van der Waals surface area contributed by atoms with E-state index in [0.29, 0.717) is 27.9 Å². The lowest BCUT2D eigenvalue weighted by Crippen LogP contribution is -2.51. The van der Waals surface area contributed by atoms with Crippen LogP contribution in [0.25, 0.3) is 0 Å². The molecular weight excluding hydrogens is 585 g/mol. The normalized spacial score (nSPS) is 11.9. The zero-order valence-corrected chi connectivity index (χ0v) is 25.7. The quantitative estimate of drug-likeness (QED) is 0.226. The number of nitrogens with one attached hydrogen (secondary N) is 1. The third-order valence-electron chi connectivity index (χ3n) is 6.35. The maximum absolute atomic E-state index is 14.0. The van der Waals surface area contributed by atoms with E-state index in [-0.39, 0.29) is 29.6 Å². The van der Waals surface area contributed by atoms with Crippen LogP contribution >= 0.6 is 23.2 Å². The van der Waals surface area contributed by atoms with Crippen molar-refractivity contribution in [2.45, 2.75) is 51.1 Å². The number of amides is 2. The highest BCUT2D eigenvalue weighted by Crippen LogP contribution is 2.33. The van der Waals surface area contributed by atoms with Gasteiger partial charge in [0.2, 0.25) is 11.8 Å². The Labute approximate surface area is 252 Å². The second-order valence-corrected chi connectivity index (χ2v) is 12.1. The smallest absolute Gasteiger partial charge is 0.264 e. The first-order valence-corrected chi connectivity index (χ1v) is 15.6. The summed E-state index contributed by atoms with van der Waals surface area (Å²) in [5, 5.41) is 3.72. The topological polar surface area (TPSA) is 96.0 Å². The molecule has 1 atom stereocenters. The number of benzene rings is 3. The maximum atomic E-state index is 14.0. The van der Waals surface area contributed by atoms with E-state index >= 15 is 0 Å². The molecule has 0 radical (unpaired) electrons. The van der Waals surface area contributed by atoms with Crippen LogP contribution in [-0.2, 0) is 26.2 Å². The minimum atomic E-state index is -4.26. The zero-order valence-electron chi connectivity index (χ0n) is 23.3. The van der Waals surface area contributed by atoms with Crippen LogP contribution in [-0.4, -0.2) is 50.9 Å². The van der Waals surface area contributed by atoms with Crippen molar-refractivity contribution in [2.24, 2.45) is 0 Å². The molecule has 0 spiro atoms. The molecule has 220 valence electrons. The van der Waals surface area contributed by atoms with E-state index in [0.717, 1.165) is 17.1 Å². The molecule has 0 aromatic heterocycles. The van der Waals surface area contributed by atoms with Gasteiger partial charge in [-0.2, -0.15) is 0 Å². The maximum Gasteiger partial charge on any atom is 0.264 e. The highest BCUT2D eigenvalue weighted by atomic mass is 35.5. The molecule has 0 heterocycles. The van der Waals surface area contributed by atoms with Crippen LogP contribution in [0.2, 0.25) is 10.0 Å². The Bertz CT molecular complexity index is 1430. The van der Waals surface area contributed by atoms with Gasteiger partial charge in [0.25, 0.3) is 10.0 Å². The summed E-state index contributed by atoms with van der Waals surface area (Å²) in [6.07, 6.45) is 1.69. The van der Waals surface area contributed by atoms with Crippen LogP contribution < -0.4 is 14.4 Å². The number of carbonyl (C=O) groups excluding carboxylic acids is 2. The van der Waals surface area contributed by atoms with Crippen LogP contribution in [0.15, 0.2) is 77.7 Å². The lowest BCUT2D eigenvalue weighted by atomic mass is 10.1. The Hall–Kier alpha value is -3.27. The number of para-hydroxylation sites is 2. The van der Waals surface area contributed by atoms with Crippen molar-refractivity contribution in [3.63, 3.8) is 0 Å². The number of ether oxygens (including phenoxy) is 1. The standard InChI is InChI=1S/C30H35Cl2N3O5S/c1-4-6-18-33-30(37)22(3)34(20-23-10-9-11-25(32)19-23)29(36)21-35(27-12-7-8-13-28(27)40-5-2)41(38,39)26-16-14-24(31)15-17-26/h7-17,19,22H,4-6,18,20-21H2,1-3H3,(H,33,37)/t22-/m0/s1. The van der Waals surface area contributed by atoms with Crippen molar-refractivity contribution in [3.05, 3.63) is 88.4 Å². The molecule has 11 heteroatoms. The van der Waals surface area contributed by atoms with Crippen molar-refractivity contribution >= 4 is 50.7 Å². The molecule has 0 aliphatic carbocycles. The largest absolute Gasteiger partial charge is 0.492 e. The number of nitrogens with zero attached hydrogens (tertiary/aromatic N) is 2. The van der Waals surface area contributed by atoms with E-state index in [2.05, 4.69) is 5.32 Å². The Morgan fingerprint density at radius 3 is 2.32 bits per heavy atom. The van der Waals surface area contributed by atoms with E-state index in [1.165, 1.54) is 29.2 Å². The van der Waals surface area contributed by atoms with Crippen LogP contribution in [0.5, 0.6) is 5.75 Å². The summed E-state index contributed by atoms with van der Waals surface area (Å²) in [6, 6.07) is 18.4. The number of carbonyl (C=O) groups is 2. The summed E-state index contributed by atoms with van der Waals surface area (Å²) in [6.45, 7) is 5.64. The van der Waals surface area contributed by atoms with E-state index in [4.69, 9.17) is 27.9 Å². The number of anilines is 1. The number of hydrogen-bond acceptors (Lipinski definition) is 5. The molecule has 1 N–H and O–H groups in total. The van der Waals surface area contributed by atoms with E-state index < -0.39 is 28.5 Å². The lowest BCUT2D eigenvalue weighted by molar-refractivity contribution is -0.139. The van der Waals surface area contributed by atoms with Crippen LogP contribution in [0.4, 0.5) is 5.69 Å². The van der Waals surface area contributed by atoms with Gasteiger partial charge in [0.15, 0.2) is 0 Å². The first-order chi connectivity index (χ1) is 19.6. The van der Waals surface area contributed by atoms with Gasteiger partial charge in [0.1, 0.15) is 18.3 Å². The zero-order chi connectivity index (χ0) is 30.0. The van der Waals surface area contributed by atoms with Gasteiger partial charge >= 0.3 is 0 Å².